The van der Waals surface area contributed by atoms with Crippen LogP contribution in [0.4, 0.5) is 0 Å². The fourth-order valence-corrected chi connectivity index (χ4v) is 2.53. The number of rotatable bonds is 3. The summed E-state index contributed by atoms with van der Waals surface area (Å²) >= 11 is 6.02. The summed E-state index contributed by atoms with van der Waals surface area (Å²) in [6.07, 6.45) is 0.0970. The predicted molar refractivity (Wildman–Crippen MR) is 74.9 cm³/mol. The maximum absolute atomic E-state index is 6.07. The maximum atomic E-state index is 6.07. The molecule has 2 rings (SSSR count). The first kappa shape index (κ1) is 13.8. The standard InChI is InChI=1S/C14H21ClN2O/c1-14(2,16)10-17-6-7-18-13(9-17)11-4-3-5-12(15)8-11/h3-5,8,13H,6-7,9-10,16H2,1-2H3. The molecule has 2 N–H and O–H groups in total. The maximum Gasteiger partial charge on any atom is 0.0952 e. The van der Waals surface area contributed by atoms with Crippen LogP contribution in [0.2, 0.25) is 5.02 Å². The van der Waals surface area contributed by atoms with Gasteiger partial charge in [0.2, 0.25) is 0 Å². The van der Waals surface area contributed by atoms with Crippen molar-refractivity contribution < 1.29 is 4.74 Å². The van der Waals surface area contributed by atoms with E-state index in [2.05, 4.69) is 24.8 Å². The van der Waals surface area contributed by atoms with Gasteiger partial charge in [-0.15, -0.1) is 0 Å². The van der Waals surface area contributed by atoms with E-state index in [4.69, 9.17) is 22.1 Å². The molecule has 100 valence electrons. The zero-order chi connectivity index (χ0) is 13.2. The van der Waals surface area contributed by atoms with Crippen LogP contribution in [0.1, 0.15) is 25.5 Å². The van der Waals surface area contributed by atoms with Crippen LogP contribution in [0.3, 0.4) is 0 Å². The van der Waals surface area contributed by atoms with Crippen molar-refractivity contribution in [2.75, 3.05) is 26.2 Å². The van der Waals surface area contributed by atoms with Gasteiger partial charge in [-0.25, -0.2) is 0 Å². The number of halogens is 1. The lowest BCUT2D eigenvalue weighted by Gasteiger charge is -2.36. The van der Waals surface area contributed by atoms with Crippen molar-refractivity contribution in [3.8, 4) is 0 Å². The van der Waals surface area contributed by atoms with Crippen LogP contribution in [-0.4, -0.2) is 36.7 Å². The van der Waals surface area contributed by atoms with Crippen LogP contribution in [0.5, 0.6) is 0 Å². The molecule has 1 saturated heterocycles. The smallest absolute Gasteiger partial charge is 0.0952 e. The molecule has 0 bridgehead atoms. The molecule has 1 aliphatic rings. The minimum atomic E-state index is -0.170. The summed E-state index contributed by atoms with van der Waals surface area (Å²) in [5.74, 6) is 0. The Kier molecular flexibility index (Phi) is 4.28. The highest BCUT2D eigenvalue weighted by molar-refractivity contribution is 6.30. The fourth-order valence-electron chi connectivity index (χ4n) is 2.33. The molecular formula is C14H21ClN2O. The summed E-state index contributed by atoms with van der Waals surface area (Å²) in [4.78, 5) is 2.36. The van der Waals surface area contributed by atoms with Gasteiger partial charge in [-0.2, -0.15) is 0 Å². The van der Waals surface area contributed by atoms with E-state index in [1.165, 1.54) is 0 Å². The lowest BCUT2D eigenvalue weighted by atomic mass is 10.0. The molecule has 0 aromatic heterocycles. The molecule has 4 heteroatoms. The summed E-state index contributed by atoms with van der Waals surface area (Å²) in [7, 11) is 0. The molecule has 1 aromatic carbocycles. The number of hydrogen-bond acceptors (Lipinski definition) is 3. The molecule has 1 unspecified atom stereocenters. The van der Waals surface area contributed by atoms with Crippen LogP contribution < -0.4 is 5.73 Å². The average molecular weight is 269 g/mol. The molecule has 0 radical (unpaired) electrons. The van der Waals surface area contributed by atoms with Crippen molar-refractivity contribution in [3.63, 3.8) is 0 Å². The molecule has 0 spiro atoms. The summed E-state index contributed by atoms with van der Waals surface area (Å²) in [6, 6.07) is 7.89. The quantitative estimate of drug-likeness (QED) is 0.915. The molecule has 0 aliphatic carbocycles. The Bertz CT molecular complexity index is 403. The fraction of sp³-hybridized carbons (Fsp3) is 0.571. The second-order valence-corrected chi connectivity index (χ2v) is 6.07. The molecule has 1 fully saturated rings. The Morgan fingerprint density at radius 1 is 1.50 bits per heavy atom. The summed E-state index contributed by atoms with van der Waals surface area (Å²) in [5, 5.41) is 0.757. The Hall–Kier alpha value is -0.610. The van der Waals surface area contributed by atoms with Crippen LogP contribution in [-0.2, 0) is 4.74 Å². The molecule has 3 nitrogen and oxygen atoms in total. The first-order valence-corrected chi connectivity index (χ1v) is 6.70. The Balaban J connectivity index is 2.02. The minimum Gasteiger partial charge on any atom is -0.371 e. The molecular weight excluding hydrogens is 248 g/mol. The molecule has 0 amide bonds. The van der Waals surface area contributed by atoms with E-state index in [1.54, 1.807) is 0 Å². The van der Waals surface area contributed by atoms with Gasteiger partial charge in [0.25, 0.3) is 0 Å². The summed E-state index contributed by atoms with van der Waals surface area (Å²) < 4.78 is 5.82. The zero-order valence-electron chi connectivity index (χ0n) is 11.0. The van der Waals surface area contributed by atoms with E-state index in [9.17, 15) is 0 Å². The van der Waals surface area contributed by atoms with Gasteiger partial charge in [-0.05, 0) is 31.5 Å². The third kappa shape index (κ3) is 3.95. The normalized spacial score (nSPS) is 22.1. The van der Waals surface area contributed by atoms with Gasteiger partial charge in [0.15, 0.2) is 0 Å². The lowest BCUT2D eigenvalue weighted by Crippen LogP contribution is -2.49. The van der Waals surface area contributed by atoms with Gasteiger partial charge in [-0.1, -0.05) is 23.7 Å². The van der Waals surface area contributed by atoms with Crippen molar-refractivity contribution in [2.45, 2.75) is 25.5 Å². The van der Waals surface area contributed by atoms with Crippen LogP contribution >= 0.6 is 11.6 Å². The number of nitrogens with zero attached hydrogens (tertiary/aromatic N) is 1. The second-order valence-electron chi connectivity index (χ2n) is 5.64. The Morgan fingerprint density at radius 2 is 2.28 bits per heavy atom. The monoisotopic (exact) mass is 268 g/mol. The van der Waals surface area contributed by atoms with Gasteiger partial charge in [0.1, 0.15) is 0 Å². The average Bonchev–Trinajstić information content (AvgIpc) is 2.27. The van der Waals surface area contributed by atoms with Gasteiger partial charge < -0.3 is 10.5 Å². The molecule has 18 heavy (non-hydrogen) atoms. The number of hydrogen-bond donors (Lipinski definition) is 1. The topological polar surface area (TPSA) is 38.5 Å². The number of morpholine rings is 1. The summed E-state index contributed by atoms with van der Waals surface area (Å²) in [6.45, 7) is 7.55. The second kappa shape index (κ2) is 5.57. The SMILES string of the molecule is CC(C)(N)CN1CCOC(c2cccc(Cl)c2)C1. The van der Waals surface area contributed by atoms with Gasteiger partial charge >= 0.3 is 0 Å². The lowest BCUT2D eigenvalue weighted by molar-refractivity contribution is -0.0346. The van der Waals surface area contributed by atoms with Gasteiger partial charge in [-0.3, -0.25) is 4.90 Å². The van der Waals surface area contributed by atoms with E-state index in [0.717, 1.165) is 36.8 Å². The highest BCUT2D eigenvalue weighted by Crippen LogP contribution is 2.25. The number of benzene rings is 1. The van der Waals surface area contributed by atoms with Gasteiger partial charge in [0, 0.05) is 30.2 Å². The number of ether oxygens (including phenoxy) is 1. The van der Waals surface area contributed by atoms with E-state index < -0.39 is 0 Å². The molecule has 1 aromatic rings. The number of nitrogens with two attached hydrogens (primary N) is 1. The molecule has 1 aliphatic heterocycles. The van der Waals surface area contributed by atoms with Crippen molar-refractivity contribution in [1.29, 1.82) is 0 Å². The molecule has 0 saturated carbocycles. The summed E-state index contributed by atoms with van der Waals surface area (Å²) in [5.41, 5.74) is 7.04. The van der Waals surface area contributed by atoms with E-state index in [0.29, 0.717) is 0 Å². The van der Waals surface area contributed by atoms with E-state index in [-0.39, 0.29) is 11.6 Å². The minimum absolute atomic E-state index is 0.0970. The highest BCUT2D eigenvalue weighted by Gasteiger charge is 2.25. The van der Waals surface area contributed by atoms with Crippen LogP contribution in [0, 0.1) is 0 Å². The Labute approximate surface area is 114 Å². The zero-order valence-corrected chi connectivity index (χ0v) is 11.8. The molecule has 1 atom stereocenters. The van der Waals surface area contributed by atoms with Crippen LogP contribution in [0.25, 0.3) is 0 Å². The van der Waals surface area contributed by atoms with Crippen molar-refractivity contribution in [1.82, 2.24) is 4.90 Å². The van der Waals surface area contributed by atoms with Crippen LogP contribution in [0.15, 0.2) is 24.3 Å². The van der Waals surface area contributed by atoms with Crippen molar-refractivity contribution in [3.05, 3.63) is 34.9 Å². The van der Waals surface area contributed by atoms with Crippen molar-refractivity contribution in [2.24, 2.45) is 5.73 Å². The highest BCUT2D eigenvalue weighted by atomic mass is 35.5. The van der Waals surface area contributed by atoms with Gasteiger partial charge in [0.05, 0.1) is 12.7 Å². The Morgan fingerprint density at radius 3 is 2.94 bits per heavy atom. The first-order valence-electron chi connectivity index (χ1n) is 6.32. The van der Waals surface area contributed by atoms with E-state index in [1.807, 2.05) is 18.2 Å². The third-order valence-electron chi connectivity index (χ3n) is 3.00. The predicted octanol–water partition coefficient (Wildman–Crippen LogP) is 2.45. The largest absolute Gasteiger partial charge is 0.371 e. The van der Waals surface area contributed by atoms with Crippen molar-refractivity contribution >= 4 is 11.6 Å². The first-order chi connectivity index (χ1) is 8.44. The van der Waals surface area contributed by atoms with E-state index >= 15 is 0 Å². The third-order valence-corrected chi connectivity index (χ3v) is 3.24. The molecule has 1 heterocycles.